The van der Waals surface area contributed by atoms with Crippen LogP contribution in [0.25, 0.3) is 0 Å². The molecule has 2 atom stereocenters. The number of thioether (sulfide) groups is 1. The van der Waals surface area contributed by atoms with E-state index in [1.165, 1.54) is 17.2 Å². The Bertz CT molecular complexity index is 142. The summed E-state index contributed by atoms with van der Waals surface area (Å²) in [5, 5.41) is 1.37. The van der Waals surface area contributed by atoms with Crippen LogP contribution in [0.5, 0.6) is 0 Å². The summed E-state index contributed by atoms with van der Waals surface area (Å²) in [5.41, 5.74) is 0. The van der Waals surface area contributed by atoms with Crippen molar-refractivity contribution >= 4 is 16.8 Å². The molecule has 0 N–H and O–H groups in total. The number of nitrogens with zero attached hydrogens (tertiary/aromatic N) is 1. The Hall–Kier alpha value is 0.0200. The van der Waals surface area contributed by atoms with Gasteiger partial charge in [0.05, 0.1) is 11.1 Å². The van der Waals surface area contributed by atoms with Gasteiger partial charge in [0.25, 0.3) is 0 Å². The van der Waals surface area contributed by atoms with E-state index < -0.39 is 0 Å². The number of hydrogen-bond acceptors (Lipinski definition) is 2. The van der Waals surface area contributed by atoms with E-state index in [0.717, 1.165) is 0 Å². The van der Waals surface area contributed by atoms with Gasteiger partial charge in [-0.2, -0.15) is 0 Å². The molecule has 1 aliphatic heterocycles. The molecule has 1 unspecified atom stereocenters. The fourth-order valence-corrected chi connectivity index (χ4v) is 2.13. The summed E-state index contributed by atoms with van der Waals surface area (Å²) in [6.07, 6.45) is 1.22. The van der Waals surface area contributed by atoms with E-state index in [2.05, 4.69) is 25.8 Å². The van der Waals surface area contributed by atoms with Crippen LogP contribution in [0.3, 0.4) is 0 Å². The van der Waals surface area contributed by atoms with Gasteiger partial charge in [-0.3, -0.25) is 4.99 Å². The third-order valence-corrected chi connectivity index (χ3v) is 3.31. The average molecular weight is 157 g/mol. The predicted octanol–water partition coefficient (Wildman–Crippen LogP) is 2.57. The topological polar surface area (TPSA) is 12.4 Å². The maximum absolute atomic E-state index is 4.54. The highest BCUT2D eigenvalue weighted by Gasteiger charge is 2.17. The second-order valence-electron chi connectivity index (χ2n) is 2.94. The Morgan fingerprint density at radius 3 is 2.90 bits per heavy atom. The molecule has 0 bridgehead atoms. The molecule has 0 spiro atoms. The molecule has 2 heteroatoms. The molecule has 0 aromatic heterocycles. The molecule has 0 saturated heterocycles. The molecular formula is C8H15NS. The Morgan fingerprint density at radius 2 is 2.50 bits per heavy atom. The lowest BCUT2D eigenvalue weighted by atomic mass is 10.1. The van der Waals surface area contributed by atoms with Crippen molar-refractivity contribution in [2.75, 3.05) is 5.75 Å². The second kappa shape index (κ2) is 3.42. The highest BCUT2D eigenvalue weighted by atomic mass is 32.2. The quantitative estimate of drug-likeness (QED) is 0.600. The molecule has 1 heterocycles. The van der Waals surface area contributed by atoms with Crippen LogP contribution in [-0.2, 0) is 0 Å². The first-order chi connectivity index (χ1) is 4.74. The van der Waals surface area contributed by atoms with E-state index in [9.17, 15) is 0 Å². The summed E-state index contributed by atoms with van der Waals surface area (Å²) in [4.78, 5) is 4.54. The Balaban J connectivity index is 2.48. The molecule has 1 nitrogen and oxygen atoms in total. The van der Waals surface area contributed by atoms with Crippen LogP contribution >= 0.6 is 11.8 Å². The Kier molecular flexibility index (Phi) is 2.78. The van der Waals surface area contributed by atoms with Crippen LogP contribution < -0.4 is 0 Å². The van der Waals surface area contributed by atoms with Gasteiger partial charge in [0, 0.05) is 11.7 Å². The minimum Gasteiger partial charge on any atom is -0.279 e. The number of rotatable bonds is 2. The fraction of sp³-hybridized carbons (Fsp3) is 0.875. The van der Waals surface area contributed by atoms with Crippen LogP contribution in [0, 0.1) is 5.92 Å². The van der Waals surface area contributed by atoms with Crippen molar-refractivity contribution < 1.29 is 0 Å². The molecule has 0 aromatic carbocycles. The lowest BCUT2D eigenvalue weighted by Gasteiger charge is -2.05. The van der Waals surface area contributed by atoms with E-state index in [4.69, 9.17) is 0 Å². The predicted molar refractivity (Wildman–Crippen MR) is 48.8 cm³/mol. The minimum absolute atomic E-state index is 0.564. The first-order valence-electron chi connectivity index (χ1n) is 3.94. The van der Waals surface area contributed by atoms with Crippen LogP contribution in [-0.4, -0.2) is 16.8 Å². The van der Waals surface area contributed by atoms with Gasteiger partial charge in [-0.1, -0.05) is 13.8 Å². The van der Waals surface area contributed by atoms with E-state index in [1.54, 1.807) is 0 Å². The van der Waals surface area contributed by atoms with Crippen LogP contribution in [0.15, 0.2) is 4.99 Å². The highest BCUT2D eigenvalue weighted by Crippen LogP contribution is 2.24. The molecule has 0 fully saturated rings. The molecule has 0 amide bonds. The van der Waals surface area contributed by atoms with Gasteiger partial charge in [-0.15, -0.1) is 11.8 Å². The molecule has 0 aromatic rings. The molecular weight excluding hydrogens is 142 g/mol. The van der Waals surface area contributed by atoms with Gasteiger partial charge in [-0.05, 0) is 13.3 Å². The van der Waals surface area contributed by atoms with Crippen molar-refractivity contribution in [2.24, 2.45) is 10.9 Å². The van der Waals surface area contributed by atoms with Gasteiger partial charge in [0.1, 0.15) is 0 Å². The maximum Gasteiger partial charge on any atom is 0.0708 e. The normalized spacial score (nSPS) is 28.3. The highest BCUT2D eigenvalue weighted by molar-refractivity contribution is 8.14. The zero-order valence-corrected chi connectivity index (χ0v) is 7.74. The lowest BCUT2D eigenvalue weighted by Crippen LogP contribution is -2.02. The van der Waals surface area contributed by atoms with E-state index in [0.29, 0.717) is 12.0 Å². The third kappa shape index (κ3) is 1.75. The molecule has 58 valence electrons. The van der Waals surface area contributed by atoms with Crippen molar-refractivity contribution in [3.63, 3.8) is 0 Å². The van der Waals surface area contributed by atoms with Gasteiger partial charge < -0.3 is 0 Å². The number of hydrogen-bond donors (Lipinski definition) is 0. The molecule has 1 aliphatic rings. The van der Waals surface area contributed by atoms with E-state index in [1.807, 2.05) is 11.8 Å². The molecule has 10 heavy (non-hydrogen) atoms. The number of aliphatic imine (C=N–C) groups is 1. The van der Waals surface area contributed by atoms with Crippen molar-refractivity contribution in [1.29, 1.82) is 0 Å². The standard InChI is InChI=1S/C8H15NS/c1-4-6(2)8-9-7(3)5-10-8/h6-7H,4-5H2,1-3H3/t6-,7?/m1/s1. The largest absolute Gasteiger partial charge is 0.279 e. The van der Waals surface area contributed by atoms with Gasteiger partial charge in [0.2, 0.25) is 0 Å². The summed E-state index contributed by atoms with van der Waals surface area (Å²) in [7, 11) is 0. The van der Waals surface area contributed by atoms with Crippen LogP contribution in [0.2, 0.25) is 0 Å². The first kappa shape index (κ1) is 8.12. The fourth-order valence-electron chi connectivity index (χ4n) is 0.942. The lowest BCUT2D eigenvalue weighted by molar-refractivity contribution is 0.740. The first-order valence-corrected chi connectivity index (χ1v) is 4.93. The van der Waals surface area contributed by atoms with Crippen LogP contribution in [0.1, 0.15) is 27.2 Å². The van der Waals surface area contributed by atoms with Crippen molar-refractivity contribution in [3.05, 3.63) is 0 Å². The summed E-state index contributed by atoms with van der Waals surface area (Å²) < 4.78 is 0. The van der Waals surface area contributed by atoms with Gasteiger partial charge in [0.15, 0.2) is 0 Å². The van der Waals surface area contributed by atoms with Crippen molar-refractivity contribution in [2.45, 2.75) is 33.2 Å². The van der Waals surface area contributed by atoms with Crippen LogP contribution in [0.4, 0.5) is 0 Å². The van der Waals surface area contributed by atoms with E-state index >= 15 is 0 Å². The summed E-state index contributed by atoms with van der Waals surface area (Å²) in [6, 6.07) is 0.564. The average Bonchev–Trinajstić information content (AvgIpc) is 2.34. The second-order valence-corrected chi connectivity index (χ2v) is 3.98. The van der Waals surface area contributed by atoms with Crippen molar-refractivity contribution in [1.82, 2.24) is 0 Å². The van der Waals surface area contributed by atoms with Crippen molar-refractivity contribution in [3.8, 4) is 0 Å². The third-order valence-electron chi connectivity index (χ3n) is 1.85. The SMILES string of the molecule is CC[C@@H](C)C1=NC(C)CS1. The van der Waals surface area contributed by atoms with Gasteiger partial charge in [-0.25, -0.2) is 0 Å². The summed E-state index contributed by atoms with van der Waals surface area (Å²) in [5.74, 6) is 1.88. The minimum atomic E-state index is 0.564. The summed E-state index contributed by atoms with van der Waals surface area (Å²) >= 11 is 1.93. The Morgan fingerprint density at radius 1 is 1.80 bits per heavy atom. The molecule has 0 saturated carbocycles. The monoisotopic (exact) mass is 157 g/mol. The maximum atomic E-state index is 4.54. The van der Waals surface area contributed by atoms with Gasteiger partial charge >= 0.3 is 0 Å². The summed E-state index contributed by atoms with van der Waals surface area (Å²) in [6.45, 7) is 6.66. The Labute approximate surface area is 67.3 Å². The molecule has 1 rings (SSSR count). The smallest absolute Gasteiger partial charge is 0.0708 e. The zero-order chi connectivity index (χ0) is 7.56. The van der Waals surface area contributed by atoms with E-state index in [-0.39, 0.29) is 0 Å². The molecule has 0 aliphatic carbocycles. The molecule has 0 radical (unpaired) electrons. The zero-order valence-electron chi connectivity index (χ0n) is 6.92.